The molecule has 1 amide bonds. The van der Waals surface area contributed by atoms with Crippen molar-refractivity contribution in [2.75, 3.05) is 11.1 Å². The van der Waals surface area contributed by atoms with Crippen molar-refractivity contribution < 1.29 is 33.0 Å². The summed E-state index contributed by atoms with van der Waals surface area (Å²) in [5.74, 6) is -2.48. The molecular formula is C21H20ClNO7S. The smallest absolute Gasteiger partial charge is 0.394 e. The highest BCUT2D eigenvalue weighted by molar-refractivity contribution is 7.91. The Morgan fingerprint density at radius 1 is 1.16 bits per heavy atom. The number of benzene rings is 2. The molecule has 0 aliphatic heterocycles. The van der Waals surface area contributed by atoms with E-state index in [4.69, 9.17) is 21.4 Å². The predicted molar refractivity (Wildman–Crippen MR) is 113 cm³/mol. The highest BCUT2D eigenvalue weighted by atomic mass is 35.5. The molecule has 10 heteroatoms. The highest BCUT2D eigenvalue weighted by Crippen LogP contribution is 2.44. The van der Waals surface area contributed by atoms with Gasteiger partial charge in [-0.3, -0.25) is 4.79 Å². The third-order valence-electron chi connectivity index (χ3n) is 5.39. The van der Waals surface area contributed by atoms with Gasteiger partial charge in [-0.15, -0.1) is 0 Å². The van der Waals surface area contributed by atoms with Gasteiger partial charge in [-0.2, -0.15) is 0 Å². The molecule has 2 aromatic rings. The lowest BCUT2D eigenvalue weighted by atomic mass is 10.1. The average molecular weight is 466 g/mol. The van der Waals surface area contributed by atoms with Crippen LogP contribution in [0, 0.1) is 5.92 Å². The second-order valence-electron chi connectivity index (χ2n) is 7.76. The molecule has 0 unspecified atom stereocenters. The summed E-state index contributed by atoms with van der Waals surface area (Å²) in [7, 11) is -3.66. The summed E-state index contributed by atoms with van der Waals surface area (Å²) in [6, 6.07) is 5.42. The zero-order valence-electron chi connectivity index (χ0n) is 16.4. The number of anilines is 1. The molecule has 0 aromatic heterocycles. The molecular weight excluding hydrogens is 446 g/mol. The van der Waals surface area contributed by atoms with Crippen molar-refractivity contribution in [3.63, 3.8) is 0 Å². The van der Waals surface area contributed by atoms with E-state index in [9.17, 15) is 23.1 Å². The number of hydrogen-bond acceptors (Lipinski definition) is 6. The molecule has 31 heavy (non-hydrogen) atoms. The van der Waals surface area contributed by atoms with Crippen LogP contribution in [0.3, 0.4) is 0 Å². The summed E-state index contributed by atoms with van der Waals surface area (Å²) in [5, 5.41) is 21.4. The second kappa shape index (κ2) is 8.05. The second-order valence-corrected chi connectivity index (χ2v) is 10.2. The van der Waals surface area contributed by atoms with E-state index >= 15 is 0 Å². The fourth-order valence-corrected chi connectivity index (χ4v) is 5.80. The third-order valence-corrected chi connectivity index (χ3v) is 7.57. The first-order valence-electron chi connectivity index (χ1n) is 9.78. The van der Waals surface area contributed by atoms with E-state index in [-0.39, 0.29) is 33.1 Å². The van der Waals surface area contributed by atoms with Crippen LogP contribution < -0.4 is 10.1 Å². The van der Waals surface area contributed by atoms with Gasteiger partial charge in [0.15, 0.2) is 9.84 Å². The number of sulfone groups is 1. The van der Waals surface area contributed by atoms with Gasteiger partial charge in [-0.25, -0.2) is 13.2 Å². The maximum absolute atomic E-state index is 12.6. The summed E-state index contributed by atoms with van der Waals surface area (Å²) in [6.45, 7) is 0. The van der Waals surface area contributed by atoms with Gasteiger partial charge in [-0.1, -0.05) is 11.6 Å². The Bertz CT molecular complexity index is 1190. The molecule has 2 aliphatic carbocycles. The quantitative estimate of drug-likeness (QED) is 0.556. The number of carboxylic acids is 1. The number of carbonyl (C=O) groups is 2. The number of halogens is 1. The van der Waals surface area contributed by atoms with Crippen molar-refractivity contribution in [2.45, 2.75) is 37.0 Å². The number of phenolic OH excluding ortho intramolecular Hbond substituents is 1. The van der Waals surface area contributed by atoms with E-state index in [0.29, 0.717) is 24.3 Å². The zero-order chi connectivity index (χ0) is 22.3. The first kappa shape index (κ1) is 21.5. The van der Waals surface area contributed by atoms with Gasteiger partial charge in [0.2, 0.25) is 0 Å². The SMILES string of the molecule is O=C(O)C(=O)Nc1cc(Cl)c(Oc2ccc(O)c(S(=O)(=O)CC3CC3)c2)c2c1CCC2. The first-order valence-corrected chi connectivity index (χ1v) is 11.8. The number of fused-ring (bicyclic) bond motifs is 1. The fourth-order valence-electron chi connectivity index (χ4n) is 3.72. The van der Waals surface area contributed by atoms with Crippen molar-refractivity contribution in [2.24, 2.45) is 5.92 Å². The predicted octanol–water partition coefficient (Wildman–Crippen LogP) is 3.53. The molecule has 0 heterocycles. The molecule has 1 saturated carbocycles. The number of carboxylic acid groups (broad SMARTS) is 1. The van der Waals surface area contributed by atoms with E-state index in [2.05, 4.69) is 5.32 Å². The topological polar surface area (TPSA) is 130 Å². The van der Waals surface area contributed by atoms with Gasteiger partial charge < -0.3 is 20.3 Å². The van der Waals surface area contributed by atoms with E-state index < -0.39 is 21.7 Å². The number of phenols is 1. The lowest BCUT2D eigenvalue weighted by Gasteiger charge is -2.17. The summed E-state index contributed by atoms with van der Waals surface area (Å²) in [4.78, 5) is 22.3. The number of rotatable bonds is 6. The molecule has 1 fully saturated rings. The van der Waals surface area contributed by atoms with Crippen LogP contribution in [0.5, 0.6) is 17.2 Å². The maximum atomic E-state index is 12.6. The summed E-state index contributed by atoms with van der Waals surface area (Å²) >= 11 is 6.37. The van der Waals surface area contributed by atoms with Gasteiger partial charge in [0.05, 0.1) is 10.8 Å². The third kappa shape index (κ3) is 4.47. The number of aliphatic carboxylic acids is 1. The largest absolute Gasteiger partial charge is 0.507 e. The highest BCUT2D eigenvalue weighted by Gasteiger charge is 2.31. The van der Waals surface area contributed by atoms with Crippen molar-refractivity contribution in [3.8, 4) is 17.2 Å². The van der Waals surface area contributed by atoms with Crippen molar-refractivity contribution in [3.05, 3.63) is 40.4 Å². The van der Waals surface area contributed by atoms with Gasteiger partial charge >= 0.3 is 11.9 Å². The van der Waals surface area contributed by atoms with Gasteiger partial charge in [0.1, 0.15) is 22.1 Å². The van der Waals surface area contributed by atoms with Crippen LogP contribution in [-0.4, -0.2) is 36.3 Å². The number of nitrogens with one attached hydrogen (secondary N) is 1. The molecule has 0 radical (unpaired) electrons. The molecule has 3 N–H and O–H groups in total. The van der Waals surface area contributed by atoms with Gasteiger partial charge in [0.25, 0.3) is 0 Å². The monoisotopic (exact) mass is 465 g/mol. The fraction of sp³-hybridized carbons (Fsp3) is 0.333. The van der Waals surface area contributed by atoms with Crippen molar-refractivity contribution in [1.29, 1.82) is 0 Å². The standard InChI is InChI=1S/C21H20ClNO7S/c22-15-9-16(23-20(25)21(26)27)13-2-1-3-14(13)19(15)30-12-6-7-17(24)18(8-12)31(28,29)10-11-4-5-11/h6-9,11,24H,1-5,10H2,(H,23,25)(H,26,27). The normalized spacial score (nSPS) is 15.4. The molecule has 2 aliphatic rings. The number of amides is 1. The van der Waals surface area contributed by atoms with Crippen LogP contribution in [0.4, 0.5) is 5.69 Å². The summed E-state index contributed by atoms with van der Waals surface area (Å²) < 4.78 is 31.2. The van der Waals surface area contributed by atoms with E-state index in [1.807, 2.05) is 0 Å². The minimum atomic E-state index is -3.66. The molecule has 4 rings (SSSR count). The van der Waals surface area contributed by atoms with Crippen LogP contribution in [0.1, 0.15) is 30.4 Å². The van der Waals surface area contributed by atoms with E-state index in [0.717, 1.165) is 30.4 Å². The number of ether oxygens (including phenoxy) is 1. The average Bonchev–Trinajstić information content (AvgIpc) is 3.36. The van der Waals surface area contributed by atoms with Crippen molar-refractivity contribution >= 4 is 39.0 Å². The Balaban J connectivity index is 1.67. The zero-order valence-corrected chi connectivity index (χ0v) is 17.9. The van der Waals surface area contributed by atoms with Crippen LogP contribution in [-0.2, 0) is 32.3 Å². The van der Waals surface area contributed by atoms with Crippen LogP contribution in [0.2, 0.25) is 5.02 Å². The number of carbonyl (C=O) groups excluding carboxylic acids is 1. The van der Waals surface area contributed by atoms with E-state index in [1.54, 1.807) is 0 Å². The molecule has 0 spiro atoms. The van der Waals surface area contributed by atoms with Crippen LogP contribution in [0.25, 0.3) is 0 Å². The molecule has 164 valence electrons. The van der Waals surface area contributed by atoms with Gasteiger partial charge in [0, 0.05) is 17.3 Å². The Morgan fingerprint density at radius 3 is 2.55 bits per heavy atom. The lowest BCUT2D eigenvalue weighted by Crippen LogP contribution is -2.22. The molecule has 0 bridgehead atoms. The molecule has 8 nitrogen and oxygen atoms in total. The summed E-state index contributed by atoms with van der Waals surface area (Å²) in [5.41, 5.74) is 1.77. The van der Waals surface area contributed by atoms with Gasteiger partial charge in [-0.05, 0) is 61.8 Å². The molecule has 2 aromatic carbocycles. The maximum Gasteiger partial charge on any atom is 0.394 e. The van der Waals surface area contributed by atoms with Crippen LogP contribution >= 0.6 is 11.6 Å². The molecule has 0 atom stereocenters. The number of aromatic hydroxyl groups is 1. The Morgan fingerprint density at radius 2 is 1.87 bits per heavy atom. The Labute approximate surface area is 183 Å². The first-order chi connectivity index (χ1) is 14.7. The van der Waals surface area contributed by atoms with Crippen LogP contribution in [0.15, 0.2) is 29.2 Å². The number of hydrogen-bond donors (Lipinski definition) is 3. The Kier molecular flexibility index (Phi) is 5.57. The molecule has 0 saturated heterocycles. The van der Waals surface area contributed by atoms with Crippen molar-refractivity contribution in [1.82, 2.24) is 0 Å². The van der Waals surface area contributed by atoms with E-state index in [1.165, 1.54) is 24.3 Å². The minimum absolute atomic E-state index is 0.0157. The Hall–Kier alpha value is -2.78. The minimum Gasteiger partial charge on any atom is -0.507 e. The summed E-state index contributed by atoms with van der Waals surface area (Å²) in [6.07, 6.45) is 3.70. The lowest BCUT2D eigenvalue weighted by molar-refractivity contribution is -0.147.